The molecule has 1 aliphatic rings. The number of methoxy groups -OCH3 is 3. The fourth-order valence-electron chi connectivity index (χ4n) is 3.15. The van der Waals surface area contributed by atoms with Crippen molar-refractivity contribution >= 4 is 5.91 Å². The highest BCUT2D eigenvalue weighted by Gasteiger charge is 2.21. The Bertz CT molecular complexity index is 772. The second-order valence-electron chi connectivity index (χ2n) is 6.07. The molecule has 0 aromatic heterocycles. The topological polar surface area (TPSA) is 48.0 Å². The number of hydrogen-bond acceptors (Lipinski definition) is 4. The Labute approximate surface area is 148 Å². The minimum absolute atomic E-state index is 0.119. The number of benzene rings is 2. The summed E-state index contributed by atoms with van der Waals surface area (Å²) in [4.78, 5) is 14.6. The number of nitrogens with zero attached hydrogens (tertiary/aromatic N) is 1. The highest BCUT2D eigenvalue weighted by molar-refractivity contribution is 5.79. The van der Waals surface area contributed by atoms with Crippen molar-refractivity contribution in [3.05, 3.63) is 53.1 Å². The molecule has 0 bridgehead atoms. The zero-order chi connectivity index (χ0) is 17.8. The van der Waals surface area contributed by atoms with E-state index in [-0.39, 0.29) is 5.91 Å². The predicted molar refractivity (Wildman–Crippen MR) is 95.4 cm³/mol. The van der Waals surface area contributed by atoms with Crippen LogP contribution in [-0.2, 0) is 24.2 Å². The maximum Gasteiger partial charge on any atom is 0.227 e. The Morgan fingerprint density at radius 3 is 2.48 bits per heavy atom. The smallest absolute Gasteiger partial charge is 0.227 e. The molecule has 0 N–H and O–H groups in total. The summed E-state index contributed by atoms with van der Waals surface area (Å²) in [6, 6.07) is 11.7. The van der Waals surface area contributed by atoms with Gasteiger partial charge in [-0.3, -0.25) is 4.79 Å². The molecule has 25 heavy (non-hydrogen) atoms. The van der Waals surface area contributed by atoms with Crippen LogP contribution in [-0.4, -0.2) is 38.7 Å². The molecule has 5 nitrogen and oxygen atoms in total. The van der Waals surface area contributed by atoms with Crippen molar-refractivity contribution in [1.29, 1.82) is 0 Å². The summed E-state index contributed by atoms with van der Waals surface area (Å²) < 4.78 is 15.8. The van der Waals surface area contributed by atoms with Gasteiger partial charge in [0.25, 0.3) is 0 Å². The highest BCUT2D eigenvalue weighted by Crippen LogP contribution is 2.28. The first-order valence-electron chi connectivity index (χ1n) is 8.29. The lowest BCUT2D eigenvalue weighted by Gasteiger charge is -2.29. The average molecular weight is 341 g/mol. The Hall–Kier alpha value is -2.69. The van der Waals surface area contributed by atoms with E-state index in [4.69, 9.17) is 14.2 Å². The molecule has 1 heterocycles. The molecule has 0 aliphatic carbocycles. The van der Waals surface area contributed by atoms with E-state index in [1.165, 1.54) is 11.1 Å². The second kappa shape index (κ2) is 7.47. The van der Waals surface area contributed by atoms with Gasteiger partial charge in [-0.25, -0.2) is 0 Å². The van der Waals surface area contributed by atoms with Gasteiger partial charge >= 0.3 is 0 Å². The van der Waals surface area contributed by atoms with Gasteiger partial charge in [-0.2, -0.15) is 0 Å². The molecular formula is C20H23NO4. The number of amides is 1. The molecule has 0 unspecified atom stereocenters. The quantitative estimate of drug-likeness (QED) is 0.839. The van der Waals surface area contributed by atoms with E-state index < -0.39 is 0 Å². The van der Waals surface area contributed by atoms with Gasteiger partial charge in [0, 0.05) is 13.1 Å². The normalized spacial score (nSPS) is 13.2. The molecule has 132 valence electrons. The van der Waals surface area contributed by atoms with Crippen LogP contribution in [0.25, 0.3) is 0 Å². The third-order valence-corrected chi connectivity index (χ3v) is 4.58. The van der Waals surface area contributed by atoms with Crippen molar-refractivity contribution < 1.29 is 19.0 Å². The fourth-order valence-corrected chi connectivity index (χ4v) is 3.15. The Balaban J connectivity index is 1.70. The number of hydrogen-bond donors (Lipinski definition) is 0. The van der Waals surface area contributed by atoms with Crippen molar-refractivity contribution in [3.8, 4) is 17.2 Å². The lowest BCUT2D eigenvalue weighted by atomic mass is 9.98. The largest absolute Gasteiger partial charge is 0.497 e. The molecule has 2 aromatic rings. The van der Waals surface area contributed by atoms with E-state index in [2.05, 4.69) is 6.07 Å². The summed E-state index contributed by atoms with van der Waals surface area (Å²) in [5.74, 6) is 2.29. The van der Waals surface area contributed by atoms with Crippen molar-refractivity contribution in [2.75, 3.05) is 27.9 Å². The Kier molecular flexibility index (Phi) is 5.12. The van der Waals surface area contributed by atoms with E-state index in [9.17, 15) is 4.79 Å². The first-order valence-corrected chi connectivity index (χ1v) is 8.29. The number of carbonyl (C=O) groups is 1. The van der Waals surface area contributed by atoms with Crippen molar-refractivity contribution in [1.82, 2.24) is 4.90 Å². The van der Waals surface area contributed by atoms with Crippen LogP contribution >= 0.6 is 0 Å². The molecule has 1 aliphatic heterocycles. The molecule has 1 amide bonds. The number of carbonyl (C=O) groups excluding carboxylic acids is 1. The lowest BCUT2D eigenvalue weighted by molar-refractivity contribution is -0.131. The van der Waals surface area contributed by atoms with E-state index in [1.54, 1.807) is 21.3 Å². The number of fused-ring (bicyclic) bond motifs is 1. The third kappa shape index (κ3) is 3.71. The second-order valence-corrected chi connectivity index (χ2v) is 6.07. The van der Waals surface area contributed by atoms with Crippen LogP contribution in [0.1, 0.15) is 16.7 Å². The molecule has 0 spiro atoms. The first kappa shape index (κ1) is 17.1. The standard InChI is InChI=1S/C20H23NO4/c1-23-17-6-5-16-13-21(9-8-15(16)12-17)20(22)11-14-4-7-18(24-2)19(10-14)25-3/h4-7,10,12H,8-9,11,13H2,1-3H3. The number of rotatable bonds is 5. The van der Waals surface area contributed by atoms with Gasteiger partial charge in [-0.15, -0.1) is 0 Å². The lowest BCUT2D eigenvalue weighted by Crippen LogP contribution is -2.36. The molecule has 0 fully saturated rings. The molecular weight excluding hydrogens is 318 g/mol. The van der Waals surface area contributed by atoms with Crippen LogP contribution in [0, 0.1) is 0 Å². The van der Waals surface area contributed by atoms with Crippen molar-refractivity contribution in [2.45, 2.75) is 19.4 Å². The third-order valence-electron chi connectivity index (χ3n) is 4.58. The average Bonchev–Trinajstić information content (AvgIpc) is 2.66. The maximum absolute atomic E-state index is 12.7. The SMILES string of the molecule is COc1ccc2c(c1)CCN(C(=O)Cc1ccc(OC)c(OC)c1)C2. The minimum atomic E-state index is 0.119. The molecule has 0 atom stereocenters. The molecule has 2 aromatic carbocycles. The van der Waals surface area contributed by atoms with Gasteiger partial charge < -0.3 is 19.1 Å². The highest BCUT2D eigenvalue weighted by atomic mass is 16.5. The first-order chi connectivity index (χ1) is 12.1. The van der Waals surface area contributed by atoms with Gasteiger partial charge in [-0.05, 0) is 47.4 Å². The van der Waals surface area contributed by atoms with Gasteiger partial charge in [0.15, 0.2) is 11.5 Å². The summed E-state index contributed by atoms with van der Waals surface area (Å²) in [5, 5.41) is 0. The predicted octanol–water partition coefficient (Wildman–Crippen LogP) is 2.84. The van der Waals surface area contributed by atoms with Crippen molar-refractivity contribution in [2.24, 2.45) is 0 Å². The van der Waals surface area contributed by atoms with Crippen molar-refractivity contribution in [3.63, 3.8) is 0 Å². The number of ether oxygens (including phenoxy) is 3. The summed E-state index contributed by atoms with van der Waals surface area (Å²) in [7, 11) is 4.87. The summed E-state index contributed by atoms with van der Waals surface area (Å²) in [5.41, 5.74) is 3.37. The summed E-state index contributed by atoms with van der Waals surface area (Å²) in [6.07, 6.45) is 1.20. The van der Waals surface area contributed by atoms with Crippen LogP contribution < -0.4 is 14.2 Å². The van der Waals surface area contributed by atoms with Crippen LogP contribution in [0.2, 0.25) is 0 Å². The minimum Gasteiger partial charge on any atom is -0.497 e. The molecule has 3 rings (SSSR count). The van der Waals surface area contributed by atoms with E-state index in [0.717, 1.165) is 24.3 Å². The zero-order valence-corrected chi connectivity index (χ0v) is 14.9. The summed E-state index contributed by atoms with van der Waals surface area (Å²) >= 11 is 0. The van der Waals surface area contributed by atoms with E-state index in [1.807, 2.05) is 35.2 Å². The van der Waals surface area contributed by atoms with Gasteiger partial charge in [0.05, 0.1) is 27.8 Å². The van der Waals surface area contributed by atoms with E-state index in [0.29, 0.717) is 24.5 Å². The molecule has 0 radical (unpaired) electrons. The molecule has 0 saturated carbocycles. The van der Waals surface area contributed by atoms with Gasteiger partial charge in [-0.1, -0.05) is 12.1 Å². The molecule has 0 saturated heterocycles. The fraction of sp³-hybridized carbons (Fsp3) is 0.350. The maximum atomic E-state index is 12.7. The monoisotopic (exact) mass is 341 g/mol. The van der Waals surface area contributed by atoms with Crippen LogP contribution in [0.5, 0.6) is 17.2 Å². The van der Waals surface area contributed by atoms with Crippen LogP contribution in [0.4, 0.5) is 0 Å². The Morgan fingerprint density at radius 1 is 0.960 bits per heavy atom. The molecule has 5 heteroatoms. The van der Waals surface area contributed by atoms with Gasteiger partial charge in [0.2, 0.25) is 5.91 Å². The summed E-state index contributed by atoms with van der Waals surface area (Å²) in [6.45, 7) is 1.37. The van der Waals surface area contributed by atoms with Crippen LogP contribution in [0.15, 0.2) is 36.4 Å². The van der Waals surface area contributed by atoms with Gasteiger partial charge in [0.1, 0.15) is 5.75 Å². The Morgan fingerprint density at radius 2 is 1.76 bits per heavy atom. The zero-order valence-electron chi connectivity index (χ0n) is 14.9. The van der Waals surface area contributed by atoms with E-state index >= 15 is 0 Å². The van der Waals surface area contributed by atoms with Crippen LogP contribution in [0.3, 0.4) is 0 Å².